The van der Waals surface area contributed by atoms with Crippen molar-refractivity contribution in [1.82, 2.24) is 9.88 Å². The zero-order valence-corrected chi connectivity index (χ0v) is 18.7. The van der Waals surface area contributed by atoms with Gasteiger partial charge in [0.1, 0.15) is 30.2 Å². The number of nitrogens with two attached hydrogens (primary N) is 2. The first-order valence-electron chi connectivity index (χ1n) is 9.94. The second kappa shape index (κ2) is 11.9. The van der Waals surface area contributed by atoms with Gasteiger partial charge in [-0.3, -0.25) is 19.3 Å². The number of guanidine groups is 1. The second-order valence-corrected chi connectivity index (χ2v) is 8.93. The van der Waals surface area contributed by atoms with Gasteiger partial charge in [-0.25, -0.2) is 17.2 Å². The van der Waals surface area contributed by atoms with E-state index < -0.39 is 51.5 Å². The Balaban J connectivity index is 2.04. The Hall–Kier alpha value is -3.81. The van der Waals surface area contributed by atoms with Gasteiger partial charge in [0.2, 0.25) is 15.9 Å². The minimum atomic E-state index is -4.23. The number of hydrogen-bond donors (Lipinski definition) is 4. The van der Waals surface area contributed by atoms with Gasteiger partial charge in [0, 0.05) is 24.4 Å². The predicted molar refractivity (Wildman–Crippen MR) is 121 cm³/mol. The average Bonchev–Trinajstić information content (AvgIpc) is 2.75. The van der Waals surface area contributed by atoms with Crippen molar-refractivity contribution in [2.24, 2.45) is 16.5 Å². The van der Waals surface area contributed by atoms with E-state index >= 15 is 0 Å². The fraction of sp³-hybridized carbons (Fsp3) is 0.300. The van der Waals surface area contributed by atoms with Gasteiger partial charge in [0.05, 0.1) is 11.8 Å². The number of amides is 1. The van der Waals surface area contributed by atoms with E-state index in [1.807, 2.05) is 4.72 Å². The first-order valence-corrected chi connectivity index (χ1v) is 11.6. The van der Waals surface area contributed by atoms with E-state index in [1.165, 1.54) is 18.3 Å². The Morgan fingerprint density at radius 1 is 1.24 bits per heavy atom. The molecule has 0 fully saturated rings. The van der Waals surface area contributed by atoms with Crippen LogP contribution in [0.25, 0.3) is 0 Å². The molecule has 0 saturated carbocycles. The van der Waals surface area contributed by atoms with Crippen LogP contribution in [0.1, 0.15) is 18.4 Å². The van der Waals surface area contributed by atoms with Gasteiger partial charge in [-0.05, 0) is 31.0 Å². The number of anilines is 1. The molecule has 6 N–H and O–H groups in total. The molecule has 0 saturated heterocycles. The molecule has 14 heteroatoms. The molecule has 0 spiro atoms. The quantitative estimate of drug-likeness (QED) is 0.135. The lowest BCUT2D eigenvalue weighted by atomic mass is 10.2. The molecule has 1 amide bonds. The molecule has 0 bridgehead atoms. The topological polar surface area (TPSA) is 179 Å². The number of aldehydes is 1. The van der Waals surface area contributed by atoms with E-state index in [2.05, 4.69) is 10.3 Å². The van der Waals surface area contributed by atoms with E-state index in [0.29, 0.717) is 18.8 Å². The van der Waals surface area contributed by atoms with Crippen LogP contribution in [0, 0.1) is 11.6 Å². The third-order valence-corrected chi connectivity index (χ3v) is 5.66. The van der Waals surface area contributed by atoms with Gasteiger partial charge in [-0.15, -0.1) is 0 Å². The van der Waals surface area contributed by atoms with Gasteiger partial charge in [0.25, 0.3) is 5.56 Å². The SMILES string of the molecule is NC(N)=NCCCC(C=O)NC(=O)Cn1cccc(NS(=O)(=O)Cc2ccc(F)cc2F)c1=O. The van der Waals surface area contributed by atoms with Crippen molar-refractivity contribution in [1.29, 1.82) is 0 Å². The van der Waals surface area contributed by atoms with E-state index in [1.54, 1.807) is 0 Å². The lowest BCUT2D eigenvalue weighted by Gasteiger charge is -2.14. The number of pyridine rings is 1. The first kappa shape index (κ1) is 26.4. The molecule has 11 nitrogen and oxygen atoms in total. The molecule has 0 aliphatic carbocycles. The Kier molecular flexibility index (Phi) is 9.24. The van der Waals surface area contributed by atoms with Crippen molar-refractivity contribution < 1.29 is 26.8 Å². The van der Waals surface area contributed by atoms with Crippen molar-refractivity contribution in [3.8, 4) is 0 Å². The highest BCUT2D eigenvalue weighted by molar-refractivity contribution is 7.91. The number of carbonyl (C=O) groups excluding carboxylic acids is 2. The number of rotatable bonds is 12. The van der Waals surface area contributed by atoms with Crippen LogP contribution in [0.4, 0.5) is 14.5 Å². The number of aromatic nitrogens is 1. The molecule has 1 unspecified atom stereocenters. The van der Waals surface area contributed by atoms with Crippen LogP contribution in [0.3, 0.4) is 0 Å². The number of sulfonamides is 1. The third-order valence-electron chi connectivity index (χ3n) is 4.44. The molecule has 1 aromatic heterocycles. The minimum Gasteiger partial charge on any atom is -0.370 e. The molecule has 0 aliphatic heterocycles. The molecule has 1 aromatic carbocycles. The Labute approximate surface area is 193 Å². The largest absolute Gasteiger partial charge is 0.370 e. The summed E-state index contributed by atoms with van der Waals surface area (Å²) in [6.07, 6.45) is 2.48. The van der Waals surface area contributed by atoms with Crippen molar-refractivity contribution in [2.75, 3.05) is 11.3 Å². The Bertz CT molecular complexity index is 1230. The lowest BCUT2D eigenvalue weighted by Crippen LogP contribution is -2.40. The summed E-state index contributed by atoms with van der Waals surface area (Å²) >= 11 is 0. The fourth-order valence-corrected chi connectivity index (χ4v) is 4.09. The predicted octanol–water partition coefficient (Wildman–Crippen LogP) is -0.194. The summed E-state index contributed by atoms with van der Waals surface area (Å²) in [6, 6.07) is 4.12. The summed E-state index contributed by atoms with van der Waals surface area (Å²) in [5.74, 6) is -3.50. The minimum absolute atomic E-state index is 0.0932. The van der Waals surface area contributed by atoms with Crippen LogP contribution in [0.2, 0.25) is 0 Å². The molecular formula is C20H24F2N6O5S. The van der Waals surface area contributed by atoms with Gasteiger partial charge in [-0.2, -0.15) is 0 Å². The number of aliphatic imine (C=N–C) groups is 1. The maximum absolute atomic E-state index is 13.8. The molecule has 1 atom stereocenters. The summed E-state index contributed by atoms with van der Waals surface area (Å²) < 4.78 is 54.6. The van der Waals surface area contributed by atoms with E-state index in [9.17, 15) is 31.6 Å². The molecule has 1 heterocycles. The summed E-state index contributed by atoms with van der Waals surface area (Å²) in [4.78, 5) is 39.8. The molecular weight excluding hydrogens is 474 g/mol. The maximum atomic E-state index is 13.8. The van der Waals surface area contributed by atoms with Crippen LogP contribution in [0.5, 0.6) is 0 Å². The number of hydrogen-bond acceptors (Lipinski definition) is 6. The lowest BCUT2D eigenvalue weighted by molar-refractivity contribution is -0.124. The van der Waals surface area contributed by atoms with Gasteiger partial charge >= 0.3 is 0 Å². The summed E-state index contributed by atoms with van der Waals surface area (Å²) in [6.45, 7) is -0.217. The number of nitrogens with one attached hydrogen (secondary N) is 2. The molecule has 2 rings (SSSR count). The third kappa shape index (κ3) is 8.27. The number of halogens is 2. The monoisotopic (exact) mass is 498 g/mol. The Morgan fingerprint density at radius 2 is 1.97 bits per heavy atom. The number of carbonyl (C=O) groups is 2. The Morgan fingerprint density at radius 3 is 2.62 bits per heavy atom. The summed E-state index contributed by atoms with van der Waals surface area (Å²) in [7, 11) is -4.23. The van der Waals surface area contributed by atoms with E-state index in [-0.39, 0.29) is 30.2 Å². The molecule has 184 valence electrons. The van der Waals surface area contributed by atoms with Crippen LogP contribution < -0.4 is 27.1 Å². The highest BCUT2D eigenvalue weighted by atomic mass is 32.2. The van der Waals surface area contributed by atoms with Gasteiger partial charge in [-0.1, -0.05) is 6.07 Å². The molecule has 2 aromatic rings. The average molecular weight is 499 g/mol. The summed E-state index contributed by atoms with van der Waals surface area (Å²) in [5.41, 5.74) is 8.92. The van der Waals surface area contributed by atoms with Crippen LogP contribution in [-0.4, -0.2) is 43.7 Å². The zero-order chi connectivity index (χ0) is 25.3. The highest BCUT2D eigenvalue weighted by Gasteiger charge is 2.18. The first-order chi connectivity index (χ1) is 16.0. The van der Waals surface area contributed by atoms with Crippen molar-refractivity contribution in [2.45, 2.75) is 31.2 Å². The second-order valence-electron chi connectivity index (χ2n) is 7.21. The standard InChI is InChI=1S/C20H24F2N6O5S/c21-14-6-5-13(16(22)9-14)12-34(32,33)27-17-4-2-8-28(19(17)31)10-18(30)26-15(11-29)3-1-7-25-20(23)24/h2,4-6,8-9,11,15,27H,1,3,7,10,12H2,(H,26,30)(H4,23,24,25). The molecule has 0 aliphatic rings. The smallest absolute Gasteiger partial charge is 0.275 e. The molecule has 0 radical (unpaired) electrons. The number of benzene rings is 1. The van der Waals surface area contributed by atoms with Crippen LogP contribution in [0.15, 0.2) is 46.3 Å². The van der Waals surface area contributed by atoms with Crippen LogP contribution >= 0.6 is 0 Å². The highest BCUT2D eigenvalue weighted by Crippen LogP contribution is 2.14. The zero-order valence-electron chi connectivity index (χ0n) is 17.9. The number of nitrogens with zero attached hydrogens (tertiary/aromatic N) is 2. The van der Waals surface area contributed by atoms with Crippen molar-refractivity contribution >= 4 is 33.9 Å². The van der Waals surface area contributed by atoms with Gasteiger partial charge in [0.15, 0.2) is 5.96 Å². The van der Waals surface area contributed by atoms with Crippen molar-refractivity contribution in [3.05, 3.63) is 64.1 Å². The molecule has 34 heavy (non-hydrogen) atoms. The van der Waals surface area contributed by atoms with Gasteiger partial charge < -0.3 is 26.1 Å². The summed E-state index contributed by atoms with van der Waals surface area (Å²) in [5, 5.41) is 2.45. The normalized spacial score (nSPS) is 11.9. The fourth-order valence-electron chi connectivity index (χ4n) is 2.89. The van der Waals surface area contributed by atoms with E-state index in [4.69, 9.17) is 11.5 Å². The van der Waals surface area contributed by atoms with E-state index in [0.717, 1.165) is 16.7 Å². The van der Waals surface area contributed by atoms with Crippen molar-refractivity contribution in [3.63, 3.8) is 0 Å². The maximum Gasteiger partial charge on any atom is 0.275 e. The van der Waals surface area contributed by atoms with Crippen LogP contribution in [-0.2, 0) is 31.9 Å².